The summed E-state index contributed by atoms with van der Waals surface area (Å²) >= 11 is 0. The Morgan fingerprint density at radius 2 is 1.88 bits per heavy atom. The van der Waals surface area contributed by atoms with Crippen LogP contribution in [0.5, 0.6) is 5.75 Å². The second kappa shape index (κ2) is 7.40. The number of hydrogen-bond donors (Lipinski definition) is 2. The summed E-state index contributed by atoms with van der Waals surface area (Å²) in [5, 5.41) is 13.0. The number of amides is 1. The monoisotopic (exact) mass is 335 g/mol. The maximum atomic E-state index is 13.1. The van der Waals surface area contributed by atoms with Crippen molar-refractivity contribution in [2.45, 2.75) is 25.6 Å². The fraction of sp³-hybridized carbons (Fsp3) is 0.278. The van der Waals surface area contributed by atoms with E-state index in [1.165, 1.54) is 56.3 Å². The van der Waals surface area contributed by atoms with Gasteiger partial charge in [-0.3, -0.25) is 4.79 Å². The van der Waals surface area contributed by atoms with E-state index in [2.05, 4.69) is 5.32 Å². The Morgan fingerprint density at radius 1 is 1.21 bits per heavy atom. The van der Waals surface area contributed by atoms with E-state index in [1.54, 1.807) is 6.07 Å². The first kappa shape index (κ1) is 17.9. The van der Waals surface area contributed by atoms with Crippen molar-refractivity contribution in [2.24, 2.45) is 0 Å². The molecule has 0 aromatic heterocycles. The SMILES string of the molecule is CC(Oc1cccc(F)c1)C(=O)NCC(C)(O)c1ccc(F)cc1. The highest BCUT2D eigenvalue weighted by Crippen LogP contribution is 2.20. The van der Waals surface area contributed by atoms with Crippen LogP contribution in [-0.4, -0.2) is 23.7 Å². The minimum Gasteiger partial charge on any atom is -0.481 e. The average molecular weight is 335 g/mol. The topological polar surface area (TPSA) is 58.6 Å². The van der Waals surface area contributed by atoms with Gasteiger partial charge in [-0.2, -0.15) is 0 Å². The molecule has 0 saturated carbocycles. The lowest BCUT2D eigenvalue weighted by Crippen LogP contribution is -2.43. The highest BCUT2D eigenvalue weighted by Gasteiger charge is 2.25. The Labute approximate surface area is 139 Å². The van der Waals surface area contributed by atoms with Crippen LogP contribution in [0.2, 0.25) is 0 Å². The second-order valence-electron chi connectivity index (χ2n) is 5.72. The molecule has 1 amide bonds. The molecule has 0 bridgehead atoms. The maximum Gasteiger partial charge on any atom is 0.260 e. The van der Waals surface area contributed by atoms with Gasteiger partial charge >= 0.3 is 0 Å². The number of ether oxygens (including phenoxy) is 1. The molecule has 2 aromatic carbocycles. The number of nitrogens with one attached hydrogen (secondary N) is 1. The predicted octanol–water partition coefficient (Wildman–Crippen LogP) is 2.76. The van der Waals surface area contributed by atoms with Gasteiger partial charge in [0.15, 0.2) is 6.10 Å². The Kier molecular flexibility index (Phi) is 5.51. The minimum absolute atomic E-state index is 0.0751. The molecular weight excluding hydrogens is 316 g/mol. The van der Waals surface area contributed by atoms with Crippen LogP contribution >= 0.6 is 0 Å². The van der Waals surface area contributed by atoms with E-state index in [-0.39, 0.29) is 12.3 Å². The Balaban J connectivity index is 1.92. The molecule has 6 heteroatoms. The number of rotatable bonds is 6. The summed E-state index contributed by atoms with van der Waals surface area (Å²) in [4.78, 5) is 12.1. The normalized spacial score (nSPS) is 14.5. The quantitative estimate of drug-likeness (QED) is 0.853. The lowest BCUT2D eigenvalue weighted by molar-refractivity contribution is -0.128. The summed E-state index contributed by atoms with van der Waals surface area (Å²) in [6.07, 6.45) is -0.865. The fourth-order valence-electron chi connectivity index (χ4n) is 2.11. The second-order valence-corrected chi connectivity index (χ2v) is 5.72. The van der Waals surface area contributed by atoms with Gasteiger partial charge in [0.1, 0.15) is 23.0 Å². The van der Waals surface area contributed by atoms with Crippen LogP contribution in [0.1, 0.15) is 19.4 Å². The third-order valence-electron chi connectivity index (χ3n) is 3.55. The van der Waals surface area contributed by atoms with Crippen LogP contribution in [-0.2, 0) is 10.4 Å². The summed E-state index contributed by atoms with van der Waals surface area (Å²) in [6, 6.07) is 10.9. The predicted molar refractivity (Wildman–Crippen MR) is 85.5 cm³/mol. The summed E-state index contributed by atoms with van der Waals surface area (Å²) in [6.45, 7) is 2.96. The first-order chi connectivity index (χ1) is 11.3. The van der Waals surface area contributed by atoms with Crippen LogP contribution in [0.15, 0.2) is 48.5 Å². The van der Waals surface area contributed by atoms with E-state index in [9.17, 15) is 18.7 Å². The molecule has 24 heavy (non-hydrogen) atoms. The Bertz CT molecular complexity index is 702. The lowest BCUT2D eigenvalue weighted by Gasteiger charge is -2.25. The van der Waals surface area contributed by atoms with E-state index in [1.807, 2.05) is 0 Å². The molecule has 2 rings (SSSR count). The number of carbonyl (C=O) groups is 1. The molecule has 0 saturated heterocycles. The molecule has 0 spiro atoms. The van der Waals surface area contributed by atoms with Gasteiger partial charge in [0.2, 0.25) is 0 Å². The van der Waals surface area contributed by atoms with Crippen molar-refractivity contribution in [3.8, 4) is 5.75 Å². The Morgan fingerprint density at radius 3 is 2.50 bits per heavy atom. The number of benzene rings is 2. The summed E-state index contributed by atoms with van der Waals surface area (Å²) in [7, 11) is 0. The van der Waals surface area contributed by atoms with Crippen molar-refractivity contribution in [3.05, 3.63) is 65.7 Å². The molecule has 0 aliphatic heterocycles. The first-order valence-corrected chi connectivity index (χ1v) is 7.46. The zero-order valence-corrected chi connectivity index (χ0v) is 13.4. The van der Waals surface area contributed by atoms with Crippen LogP contribution in [0.4, 0.5) is 8.78 Å². The van der Waals surface area contributed by atoms with Gasteiger partial charge in [-0.15, -0.1) is 0 Å². The van der Waals surface area contributed by atoms with Crippen LogP contribution < -0.4 is 10.1 Å². The third kappa shape index (κ3) is 4.76. The molecule has 0 heterocycles. The van der Waals surface area contributed by atoms with Crippen LogP contribution in [0.3, 0.4) is 0 Å². The van der Waals surface area contributed by atoms with Gasteiger partial charge in [-0.25, -0.2) is 8.78 Å². The van der Waals surface area contributed by atoms with Crippen molar-refractivity contribution in [2.75, 3.05) is 6.54 Å². The van der Waals surface area contributed by atoms with E-state index in [0.717, 1.165) is 0 Å². The summed E-state index contributed by atoms with van der Waals surface area (Å²) < 4.78 is 31.4. The van der Waals surface area contributed by atoms with E-state index in [0.29, 0.717) is 5.56 Å². The van der Waals surface area contributed by atoms with Crippen molar-refractivity contribution in [3.63, 3.8) is 0 Å². The number of carbonyl (C=O) groups excluding carboxylic acids is 1. The van der Waals surface area contributed by atoms with Gasteiger partial charge in [-0.05, 0) is 43.7 Å². The van der Waals surface area contributed by atoms with Gasteiger partial charge in [0.25, 0.3) is 5.91 Å². The highest BCUT2D eigenvalue weighted by molar-refractivity contribution is 5.80. The molecule has 4 nitrogen and oxygen atoms in total. The molecule has 128 valence electrons. The van der Waals surface area contributed by atoms with E-state index < -0.39 is 29.2 Å². The number of aliphatic hydroxyl groups is 1. The molecule has 2 atom stereocenters. The summed E-state index contributed by atoms with van der Waals surface area (Å²) in [5.74, 6) is -1.08. The molecule has 0 fully saturated rings. The smallest absolute Gasteiger partial charge is 0.260 e. The van der Waals surface area contributed by atoms with E-state index >= 15 is 0 Å². The van der Waals surface area contributed by atoms with Gasteiger partial charge in [0, 0.05) is 6.07 Å². The number of hydrogen-bond acceptors (Lipinski definition) is 3. The fourth-order valence-corrected chi connectivity index (χ4v) is 2.11. The van der Waals surface area contributed by atoms with Gasteiger partial charge in [-0.1, -0.05) is 18.2 Å². The molecule has 0 aliphatic rings. The molecule has 2 aromatic rings. The lowest BCUT2D eigenvalue weighted by atomic mass is 9.96. The van der Waals surface area contributed by atoms with Crippen LogP contribution in [0, 0.1) is 11.6 Å². The molecule has 2 N–H and O–H groups in total. The van der Waals surface area contributed by atoms with Crippen molar-refractivity contribution < 1.29 is 23.4 Å². The van der Waals surface area contributed by atoms with Crippen molar-refractivity contribution in [1.29, 1.82) is 0 Å². The van der Waals surface area contributed by atoms with Gasteiger partial charge in [0.05, 0.1) is 6.54 Å². The largest absolute Gasteiger partial charge is 0.481 e. The molecule has 0 radical (unpaired) electrons. The van der Waals surface area contributed by atoms with Crippen molar-refractivity contribution in [1.82, 2.24) is 5.32 Å². The molecule has 0 aliphatic carbocycles. The maximum absolute atomic E-state index is 13.1. The minimum atomic E-state index is -1.36. The van der Waals surface area contributed by atoms with Crippen molar-refractivity contribution >= 4 is 5.91 Å². The molecule has 2 unspecified atom stereocenters. The summed E-state index contributed by atoms with van der Waals surface area (Å²) in [5.41, 5.74) is -0.884. The highest BCUT2D eigenvalue weighted by atomic mass is 19.1. The van der Waals surface area contributed by atoms with E-state index in [4.69, 9.17) is 4.74 Å². The van der Waals surface area contributed by atoms with Crippen LogP contribution in [0.25, 0.3) is 0 Å². The standard InChI is InChI=1S/C18H19F2NO3/c1-12(24-16-5-3-4-15(20)10-16)17(22)21-11-18(2,23)13-6-8-14(19)9-7-13/h3-10,12,23H,11H2,1-2H3,(H,21,22). The van der Waals surface area contributed by atoms with Gasteiger partial charge < -0.3 is 15.2 Å². The number of halogens is 2. The molecular formula is C18H19F2NO3. The first-order valence-electron chi connectivity index (χ1n) is 7.46. The third-order valence-corrected chi connectivity index (χ3v) is 3.55. The zero-order chi connectivity index (χ0) is 17.7. The Hall–Kier alpha value is -2.47. The zero-order valence-electron chi connectivity index (χ0n) is 13.4. The average Bonchev–Trinajstić information content (AvgIpc) is 2.53.